The van der Waals surface area contributed by atoms with Crippen molar-refractivity contribution in [2.75, 3.05) is 6.26 Å². The number of thioether (sulfide) groups is 1. The lowest BCUT2D eigenvalue weighted by atomic mass is 9.78. The number of amidine groups is 1. The number of nitrogens with two attached hydrogens (primary N) is 1. The van der Waals surface area contributed by atoms with E-state index in [1.54, 1.807) is 20.8 Å². The van der Waals surface area contributed by atoms with Gasteiger partial charge in [-0.05, 0) is 49.8 Å². The van der Waals surface area contributed by atoms with Crippen LogP contribution in [0.15, 0.2) is 41.5 Å². The van der Waals surface area contributed by atoms with Gasteiger partial charge in [-0.2, -0.15) is 5.26 Å². The third-order valence-electron chi connectivity index (χ3n) is 5.98. The van der Waals surface area contributed by atoms with Crippen molar-refractivity contribution in [3.05, 3.63) is 64.7 Å². The van der Waals surface area contributed by atoms with Crippen molar-refractivity contribution in [2.45, 2.75) is 30.4 Å². The molecule has 3 atom stereocenters. The van der Waals surface area contributed by atoms with Gasteiger partial charge < -0.3 is 5.73 Å². The minimum atomic E-state index is -3.59. The highest BCUT2D eigenvalue weighted by Gasteiger charge is 2.55. The van der Waals surface area contributed by atoms with Crippen LogP contribution in [-0.2, 0) is 15.4 Å². The molecule has 0 unspecified atom stereocenters. The fourth-order valence-corrected chi connectivity index (χ4v) is 6.48. The smallest absolute Gasteiger partial charge is 0.162 e. The Hall–Kier alpha value is -2.77. The van der Waals surface area contributed by atoms with Gasteiger partial charge in [0.1, 0.15) is 21.8 Å². The second kappa shape index (κ2) is 8.30. The molecule has 6 nitrogen and oxygen atoms in total. The molecule has 0 bridgehead atoms. The van der Waals surface area contributed by atoms with E-state index in [1.807, 2.05) is 6.07 Å². The molecule has 2 aromatic rings. The molecule has 3 rings (SSSR count). The number of halogens is 2. The zero-order chi connectivity index (χ0) is 23.9. The molecule has 168 valence electrons. The molecule has 1 aromatic heterocycles. The van der Waals surface area contributed by atoms with Crippen LogP contribution in [0.4, 0.5) is 8.78 Å². The molecular weight excluding hydrogens is 454 g/mol. The number of benzene rings is 1. The predicted octanol–water partition coefficient (Wildman–Crippen LogP) is 4.23. The SMILES string of the molecule is C[C@@H]1[C@@](C)(S(C)(=O)=O)SC(N)=N[C@]1(C)c1cc(/C=C(\F)c2ccc(C#N)cn2)ccc1F. The van der Waals surface area contributed by atoms with Gasteiger partial charge in [0.15, 0.2) is 15.0 Å². The number of nitrogens with zero attached hydrogens (tertiary/aromatic N) is 3. The number of hydrogen-bond acceptors (Lipinski definition) is 7. The number of hydrogen-bond donors (Lipinski definition) is 1. The number of rotatable bonds is 4. The Morgan fingerprint density at radius 3 is 2.56 bits per heavy atom. The van der Waals surface area contributed by atoms with Crippen LogP contribution >= 0.6 is 11.8 Å². The first kappa shape index (κ1) is 23.9. The number of aromatic nitrogens is 1. The molecule has 1 aliphatic heterocycles. The molecule has 1 aliphatic rings. The van der Waals surface area contributed by atoms with Gasteiger partial charge in [0.05, 0.1) is 16.8 Å². The quantitative estimate of drug-likeness (QED) is 0.707. The average molecular weight is 477 g/mol. The zero-order valence-corrected chi connectivity index (χ0v) is 19.6. The monoisotopic (exact) mass is 476 g/mol. The van der Waals surface area contributed by atoms with Gasteiger partial charge >= 0.3 is 0 Å². The summed E-state index contributed by atoms with van der Waals surface area (Å²) in [6, 6.07) is 8.74. The standard InChI is InChI=1S/C22H22F2N4O2S2/c1-13-21(2,28-20(26)31-22(13,3)32(4,29)30)16-9-14(5-7-17(16)23)10-18(24)19-8-6-15(11-25)12-27-19/h5-10,12-13H,1-4H3,(H2,26,28)/b18-10-/t13-,21-,22+/m0/s1. The normalized spacial score (nSPS) is 26.3. The highest BCUT2D eigenvalue weighted by atomic mass is 32.3. The highest BCUT2D eigenvalue weighted by molar-refractivity contribution is 8.23. The second-order valence-electron chi connectivity index (χ2n) is 7.98. The van der Waals surface area contributed by atoms with Crippen LogP contribution in [0.2, 0.25) is 0 Å². The number of pyridine rings is 1. The van der Waals surface area contributed by atoms with E-state index in [9.17, 15) is 17.2 Å². The van der Waals surface area contributed by atoms with Gasteiger partial charge in [-0.1, -0.05) is 24.8 Å². The van der Waals surface area contributed by atoms with E-state index in [-0.39, 0.29) is 16.4 Å². The van der Waals surface area contributed by atoms with Crippen LogP contribution in [0.1, 0.15) is 43.2 Å². The van der Waals surface area contributed by atoms with Crippen LogP contribution in [0.3, 0.4) is 0 Å². The lowest BCUT2D eigenvalue weighted by Gasteiger charge is -2.46. The fraction of sp³-hybridized carbons (Fsp3) is 0.318. The second-order valence-corrected chi connectivity index (χ2v) is 12.1. The Kier molecular flexibility index (Phi) is 6.19. The molecule has 32 heavy (non-hydrogen) atoms. The zero-order valence-electron chi connectivity index (χ0n) is 17.9. The molecular formula is C22H22F2N4O2S2. The summed E-state index contributed by atoms with van der Waals surface area (Å²) in [4.78, 5) is 8.34. The topological polar surface area (TPSA) is 109 Å². The largest absolute Gasteiger partial charge is 0.378 e. The van der Waals surface area contributed by atoms with Gasteiger partial charge in [0.2, 0.25) is 0 Å². The summed E-state index contributed by atoms with van der Waals surface area (Å²) in [6.07, 6.45) is 3.56. The van der Waals surface area contributed by atoms with Crippen LogP contribution in [0.5, 0.6) is 0 Å². The predicted molar refractivity (Wildman–Crippen MR) is 123 cm³/mol. The number of aliphatic imine (C=N–C) groups is 1. The molecule has 0 saturated heterocycles. The first-order valence-electron chi connectivity index (χ1n) is 9.59. The molecule has 0 spiro atoms. The summed E-state index contributed by atoms with van der Waals surface area (Å²) in [6.45, 7) is 4.86. The average Bonchev–Trinajstić information content (AvgIpc) is 2.72. The Labute approximate surface area is 190 Å². The molecule has 0 saturated carbocycles. The molecule has 10 heteroatoms. The van der Waals surface area contributed by atoms with Crippen molar-refractivity contribution in [3.63, 3.8) is 0 Å². The third-order valence-corrected chi connectivity index (χ3v) is 10.0. The van der Waals surface area contributed by atoms with Crippen LogP contribution in [-0.4, -0.2) is 28.9 Å². The summed E-state index contributed by atoms with van der Waals surface area (Å²) in [5.41, 5.74) is 5.44. The van der Waals surface area contributed by atoms with E-state index < -0.39 is 37.0 Å². The Morgan fingerprint density at radius 1 is 1.31 bits per heavy atom. The summed E-state index contributed by atoms with van der Waals surface area (Å²) in [7, 11) is -3.59. The molecule has 0 amide bonds. The van der Waals surface area contributed by atoms with Crippen molar-refractivity contribution in [2.24, 2.45) is 16.6 Å². The molecule has 0 fully saturated rings. The molecule has 2 N–H and O–H groups in total. The Balaban J connectivity index is 2.10. The maximum atomic E-state index is 15.0. The van der Waals surface area contributed by atoms with Crippen molar-refractivity contribution < 1.29 is 17.2 Å². The minimum absolute atomic E-state index is 0.0236. The minimum Gasteiger partial charge on any atom is -0.378 e. The van der Waals surface area contributed by atoms with Crippen LogP contribution in [0.25, 0.3) is 11.9 Å². The van der Waals surface area contributed by atoms with E-state index in [0.29, 0.717) is 11.1 Å². The van der Waals surface area contributed by atoms with Gasteiger partial charge in [0.25, 0.3) is 0 Å². The van der Waals surface area contributed by atoms with E-state index in [4.69, 9.17) is 11.0 Å². The molecule has 0 aliphatic carbocycles. The van der Waals surface area contributed by atoms with Crippen molar-refractivity contribution >= 4 is 38.7 Å². The summed E-state index contributed by atoms with van der Waals surface area (Å²) >= 11 is 0.936. The highest BCUT2D eigenvalue weighted by Crippen LogP contribution is 2.52. The van der Waals surface area contributed by atoms with Crippen LogP contribution in [0, 0.1) is 23.1 Å². The Morgan fingerprint density at radius 2 is 2.00 bits per heavy atom. The number of sulfone groups is 1. The van der Waals surface area contributed by atoms with E-state index in [0.717, 1.165) is 18.0 Å². The first-order chi connectivity index (χ1) is 14.8. The first-order valence-corrected chi connectivity index (χ1v) is 12.3. The third kappa shape index (κ3) is 4.14. The van der Waals surface area contributed by atoms with E-state index in [1.165, 1.54) is 42.6 Å². The van der Waals surface area contributed by atoms with Gasteiger partial charge in [0, 0.05) is 23.9 Å². The summed E-state index contributed by atoms with van der Waals surface area (Å²) < 4.78 is 53.5. The summed E-state index contributed by atoms with van der Waals surface area (Å²) in [5.74, 6) is -1.93. The van der Waals surface area contributed by atoms with Gasteiger partial charge in [-0.15, -0.1) is 0 Å². The van der Waals surface area contributed by atoms with Crippen molar-refractivity contribution in [1.82, 2.24) is 4.98 Å². The molecule has 2 heterocycles. The fourth-order valence-electron chi connectivity index (χ4n) is 3.69. The van der Waals surface area contributed by atoms with Crippen molar-refractivity contribution in [3.8, 4) is 6.07 Å². The summed E-state index contributed by atoms with van der Waals surface area (Å²) in [5, 5.41) is 8.88. The Bertz CT molecular complexity index is 1270. The van der Waals surface area contributed by atoms with Crippen LogP contribution < -0.4 is 5.73 Å². The molecule has 0 radical (unpaired) electrons. The van der Waals surface area contributed by atoms with Crippen molar-refractivity contribution in [1.29, 1.82) is 5.26 Å². The van der Waals surface area contributed by atoms with Gasteiger partial charge in [-0.3, -0.25) is 9.98 Å². The van der Waals surface area contributed by atoms with Gasteiger partial charge in [-0.25, -0.2) is 17.2 Å². The lowest BCUT2D eigenvalue weighted by molar-refractivity contribution is 0.292. The number of nitriles is 1. The maximum Gasteiger partial charge on any atom is 0.162 e. The maximum absolute atomic E-state index is 15.0. The molecule has 1 aromatic carbocycles. The van der Waals surface area contributed by atoms with E-state index in [2.05, 4.69) is 9.98 Å². The van der Waals surface area contributed by atoms with E-state index >= 15 is 0 Å². The lowest BCUT2D eigenvalue weighted by Crippen LogP contribution is -2.52.